The van der Waals surface area contributed by atoms with Crippen LogP contribution in [-0.2, 0) is 27.3 Å². The molecule has 0 radical (unpaired) electrons. The molecule has 3 rings (SSSR count). The van der Waals surface area contributed by atoms with Crippen molar-refractivity contribution >= 4 is 29.4 Å². The first kappa shape index (κ1) is 27.6. The lowest BCUT2D eigenvalue weighted by Crippen LogP contribution is -2.54. The standard InChI is InChI=1S/C27H37N7O3/c1-34(2)27(37)21(14-17-8-11-20(12-9-17)24(29)30)25(35)33-23(19-6-4-3-5-7-19)26(36)32-16-18-10-13-22(28)31-15-18/h8-13,15,19,21,23H,3-7,14,16H2,1-2H3,(H2,28,31)(H3,29,30)(H,32,36)(H,33,35)/t21?,23-/m0/s1. The molecule has 1 aromatic carbocycles. The highest BCUT2D eigenvalue weighted by atomic mass is 16.2. The summed E-state index contributed by atoms with van der Waals surface area (Å²) < 4.78 is 0. The molecule has 1 heterocycles. The molecule has 2 atom stereocenters. The molecule has 10 heteroatoms. The number of amidine groups is 1. The molecule has 7 N–H and O–H groups in total. The van der Waals surface area contributed by atoms with Crippen LogP contribution in [0.1, 0.15) is 48.8 Å². The molecule has 0 spiro atoms. The first-order valence-corrected chi connectivity index (χ1v) is 12.6. The number of rotatable bonds is 10. The summed E-state index contributed by atoms with van der Waals surface area (Å²) in [4.78, 5) is 45.3. The zero-order valence-corrected chi connectivity index (χ0v) is 21.5. The number of nitrogens with two attached hydrogens (primary N) is 2. The van der Waals surface area contributed by atoms with Crippen LogP contribution in [0.15, 0.2) is 42.6 Å². The molecule has 1 unspecified atom stereocenters. The summed E-state index contributed by atoms with van der Waals surface area (Å²) in [7, 11) is 3.21. The predicted molar refractivity (Wildman–Crippen MR) is 142 cm³/mol. The molecule has 0 saturated heterocycles. The number of carbonyl (C=O) groups excluding carboxylic acids is 3. The van der Waals surface area contributed by atoms with Crippen molar-refractivity contribution in [1.29, 1.82) is 5.41 Å². The maximum atomic E-state index is 13.5. The molecule has 37 heavy (non-hydrogen) atoms. The molecule has 1 aromatic heterocycles. The molecule has 0 bridgehead atoms. The van der Waals surface area contributed by atoms with Gasteiger partial charge in [0.1, 0.15) is 23.6 Å². The Morgan fingerprint density at radius 1 is 1.03 bits per heavy atom. The second-order valence-corrected chi connectivity index (χ2v) is 9.79. The maximum Gasteiger partial charge on any atom is 0.243 e. The molecular formula is C27H37N7O3. The van der Waals surface area contributed by atoms with Gasteiger partial charge in [-0.25, -0.2) is 4.98 Å². The lowest BCUT2D eigenvalue weighted by Gasteiger charge is -2.31. The van der Waals surface area contributed by atoms with Gasteiger partial charge in [-0.2, -0.15) is 0 Å². The lowest BCUT2D eigenvalue weighted by molar-refractivity contribution is -0.142. The average molecular weight is 508 g/mol. The van der Waals surface area contributed by atoms with E-state index in [4.69, 9.17) is 16.9 Å². The van der Waals surface area contributed by atoms with Crippen molar-refractivity contribution in [2.24, 2.45) is 17.6 Å². The van der Waals surface area contributed by atoms with Crippen molar-refractivity contribution in [2.45, 2.75) is 51.1 Å². The van der Waals surface area contributed by atoms with Gasteiger partial charge in [0.15, 0.2) is 0 Å². The van der Waals surface area contributed by atoms with Crippen molar-refractivity contribution in [1.82, 2.24) is 20.5 Å². The van der Waals surface area contributed by atoms with Crippen molar-refractivity contribution in [3.8, 4) is 0 Å². The van der Waals surface area contributed by atoms with Crippen LogP contribution in [-0.4, -0.2) is 53.6 Å². The number of hydrogen-bond acceptors (Lipinski definition) is 6. The zero-order chi connectivity index (χ0) is 26.9. The molecule has 198 valence electrons. The first-order valence-electron chi connectivity index (χ1n) is 12.6. The van der Waals surface area contributed by atoms with Crippen molar-refractivity contribution < 1.29 is 14.4 Å². The molecule has 1 aliphatic rings. The van der Waals surface area contributed by atoms with Crippen LogP contribution in [0.5, 0.6) is 0 Å². The van der Waals surface area contributed by atoms with Gasteiger partial charge < -0.3 is 27.0 Å². The molecule has 10 nitrogen and oxygen atoms in total. The minimum atomic E-state index is -1.00. The molecule has 1 fully saturated rings. The molecule has 1 saturated carbocycles. The van der Waals surface area contributed by atoms with Crippen LogP contribution in [0.25, 0.3) is 0 Å². The number of pyridine rings is 1. The van der Waals surface area contributed by atoms with Crippen molar-refractivity contribution in [2.75, 3.05) is 19.8 Å². The monoisotopic (exact) mass is 507 g/mol. The largest absolute Gasteiger partial charge is 0.384 e. The van der Waals surface area contributed by atoms with E-state index < -0.39 is 17.9 Å². The fourth-order valence-electron chi connectivity index (χ4n) is 4.62. The van der Waals surface area contributed by atoms with Gasteiger partial charge in [0.2, 0.25) is 17.7 Å². The number of nitrogens with zero attached hydrogens (tertiary/aromatic N) is 2. The van der Waals surface area contributed by atoms with Gasteiger partial charge in [-0.3, -0.25) is 19.8 Å². The maximum absolute atomic E-state index is 13.5. The summed E-state index contributed by atoms with van der Waals surface area (Å²) in [5.74, 6) is -1.76. The van der Waals surface area contributed by atoms with E-state index in [0.29, 0.717) is 11.4 Å². The normalized spacial score (nSPS) is 15.3. The number of amides is 3. The Kier molecular flexibility index (Phi) is 9.59. The average Bonchev–Trinajstić information content (AvgIpc) is 2.90. The van der Waals surface area contributed by atoms with Gasteiger partial charge in [0, 0.05) is 32.4 Å². The van der Waals surface area contributed by atoms with Gasteiger partial charge in [-0.15, -0.1) is 0 Å². The van der Waals surface area contributed by atoms with E-state index in [1.807, 2.05) is 0 Å². The van der Waals surface area contributed by atoms with Crippen molar-refractivity contribution in [3.05, 3.63) is 59.3 Å². The summed E-state index contributed by atoms with van der Waals surface area (Å²) >= 11 is 0. The molecule has 2 aromatic rings. The molecule has 3 amide bonds. The lowest BCUT2D eigenvalue weighted by atomic mass is 9.83. The third kappa shape index (κ3) is 7.77. The second-order valence-electron chi connectivity index (χ2n) is 9.79. The van der Waals surface area contributed by atoms with E-state index in [9.17, 15) is 14.4 Å². The fraction of sp³-hybridized carbons (Fsp3) is 0.444. The molecule has 0 aliphatic heterocycles. The zero-order valence-electron chi connectivity index (χ0n) is 21.5. The Labute approximate surface area is 217 Å². The van der Waals surface area contributed by atoms with Gasteiger partial charge >= 0.3 is 0 Å². The summed E-state index contributed by atoms with van der Waals surface area (Å²) in [6, 6.07) is 9.61. The van der Waals surface area contributed by atoms with Crippen LogP contribution < -0.4 is 22.1 Å². The second kappa shape index (κ2) is 12.8. The summed E-state index contributed by atoms with van der Waals surface area (Å²) in [5.41, 5.74) is 13.3. The van der Waals surface area contributed by atoms with Crippen LogP contribution >= 0.6 is 0 Å². The van der Waals surface area contributed by atoms with Crippen LogP contribution in [0, 0.1) is 17.2 Å². The number of benzene rings is 1. The number of carbonyl (C=O) groups is 3. The first-order chi connectivity index (χ1) is 17.7. The number of nitrogens with one attached hydrogen (secondary N) is 3. The van der Waals surface area contributed by atoms with Gasteiger partial charge in [0.25, 0.3) is 0 Å². The quantitative estimate of drug-likeness (QED) is 0.186. The Morgan fingerprint density at radius 2 is 1.68 bits per heavy atom. The van der Waals surface area contributed by atoms with E-state index in [2.05, 4.69) is 15.6 Å². The highest BCUT2D eigenvalue weighted by Gasteiger charge is 2.35. The van der Waals surface area contributed by atoms with E-state index in [-0.39, 0.29) is 36.5 Å². The third-order valence-corrected chi connectivity index (χ3v) is 6.78. The van der Waals surface area contributed by atoms with Gasteiger partial charge in [-0.1, -0.05) is 49.6 Å². The predicted octanol–water partition coefficient (Wildman–Crippen LogP) is 1.58. The highest BCUT2D eigenvalue weighted by molar-refractivity contribution is 6.02. The molecule has 1 aliphatic carbocycles. The van der Waals surface area contributed by atoms with Gasteiger partial charge in [0.05, 0.1) is 0 Å². The van der Waals surface area contributed by atoms with E-state index in [1.54, 1.807) is 56.7 Å². The fourth-order valence-corrected chi connectivity index (χ4v) is 4.62. The van der Waals surface area contributed by atoms with Crippen molar-refractivity contribution in [3.63, 3.8) is 0 Å². The Balaban J connectivity index is 1.77. The Morgan fingerprint density at radius 3 is 2.24 bits per heavy atom. The number of aromatic nitrogens is 1. The Bertz CT molecular complexity index is 1090. The minimum absolute atomic E-state index is 0.00722. The highest BCUT2D eigenvalue weighted by Crippen LogP contribution is 2.27. The summed E-state index contributed by atoms with van der Waals surface area (Å²) in [6.07, 6.45) is 6.53. The van der Waals surface area contributed by atoms with E-state index in [0.717, 1.165) is 43.2 Å². The minimum Gasteiger partial charge on any atom is -0.384 e. The van der Waals surface area contributed by atoms with E-state index in [1.165, 1.54) is 4.90 Å². The number of nitrogen functional groups attached to an aromatic ring is 2. The smallest absolute Gasteiger partial charge is 0.243 e. The summed E-state index contributed by atoms with van der Waals surface area (Å²) in [6.45, 7) is 0.258. The number of hydrogen-bond donors (Lipinski definition) is 5. The Hall–Kier alpha value is -3.95. The molecular weight excluding hydrogens is 470 g/mol. The van der Waals surface area contributed by atoms with Crippen LogP contribution in [0.4, 0.5) is 5.82 Å². The van der Waals surface area contributed by atoms with E-state index >= 15 is 0 Å². The van der Waals surface area contributed by atoms with Crippen LogP contribution in [0.2, 0.25) is 0 Å². The van der Waals surface area contributed by atoms with Gasteiger partial charge in [-0.05, 0) is 42.4 Å². The third-order valence-electron chi connectivity index (χ3n) is 6.78. The number of anilines is 1. The van der Waals surface area contributed by atoms with Crippen LogP contribution in [0.3, 0.4) is 0 Å². The topological polar surface area (TPSA) is 167 Å². The SMILES string of the molecule is CN(C)C(=O)C(Cc1ccc(C(=N)N)cc1)C(=O)N[C@H](C(=O)NCc1ccc(N)nc1)C1CCCCC1. The summed E-state index contributed by atoms with van der Waals surface area (Å²) in [5, 5.41) is 13.4.